The van der Waals surface area contributed by atoms with Crippen LogP contribution in [0.2, 0.25) is 0 Å². The van der Waals surface area contributed by atoms with Gasteiger partial charge in [-0.3, -0.25) is 4.79 Å². The van der Waals surface area contributed by atoms with Crippen LogP contribution in [0.3, 0.4) is 0 Å². The van der Waals surface area contributed by atoms with Crippen molar-refractivity contribution in [3.8, 4) is 5.75 Å². The Balaban J connectivity index is 1.56. The second-order valence-electron chi connectivity index (χ2n) is 6.67. The number of anilines is 1. The summed E-state index contributed by atoms with van der Waals surface area (Å²) in [5.41, 5.74) is 3.72. The van der Waals surface area contributed by atoms with Gasteiger partial charge in [0, 0.05) is 31.9 Å². The lowest BCUT2D eigenvalue weighted by Gasteiger charge is -2.37. The van der Waals surface area contributed by atoms with E-state index >= 15 is 0 Å². The second-order valence-corrected chi connectivity index (χ2v) is 6.67. The summed E-state index contributed by atoms with van der Waals surface area (Å²) in [6, 6.07) is 16.2. The third kappa shape index (κ3) is 4.13. The van der Waals surface area contributed by atoms with E-state index in [4.69, 9.17) is 4.74 Å². The smallest absolute Gasteiger partial charge is 0.263 e. The number of rotatable bonds is 4. The van der Waals surface area contributed by atoms with Crippen LogP contribution in [0, 0.1) is 13.8 Å². The molecule has 0 N–H and O–H groups in total. The molecule has 0 bridgehead atoms. The summed E-state index contributed by atoms with van der Waals surface area (Å²) >= 11 is 0. The number of benzene rings is 2. The molecule has 1 aliphatic heterocycles. The Hall–Kier alpha value is -2.49. The number of ether oxygens (including phenoxy) is 1. The summed E-state index contributed by atoms with van der Waals surface area (Å²) in [4.78, 5) is 16.9. The molecule has 0 saturated carbocycles. The van der Waals surface area contributed by atoms with Gasteiger partial charge in [0.1, 0.15) is 5.75 Å². The highest BCUT2D eigenvalue weighted by Crippen LogP contribution is 2.21. The van der Waals surface area contributed by atoms with Crippen LogP contribution < -0.4 is 9.64 Å². The number of hydrogen-bond donors (Lipinski definition) is 0. The van der Waals surface area contributed by atoms with Crippen molar-refractivity contribution in [1.82, 2.24) is 4.90 Å². The van der Waals surface area contributed by atoms with E-state index in [1.165, 1.54) is 16.8 Å². The van der Waals surface area contributed by atoms with Gasteiger partial charge in [-0.1, -0.05) is 35.9 Å². The zero-order valence-corrected chi connectivity index (χ0v) is 15.2. The first-order valence-electron chi connectivity index (χ1n) is 8.87. The van der Waals surface area contributed by atoms with Crippen molar-refractivity contribution in [2.45, 2.75) is 26.9 Å². The SMILES string of the molecule is Cc1ccc(O[C@H](C)C(=O)N2CCN(c3ccccc3C)CC2)cc1. The number of para-hydroxylation sites is 1. The van der Waals surface area contributed by atoms with E-state index < -0.39 is 6.10 Å². The van der Waals surface area contributed by atoms with Crippen LogP contribution in [0.25, 0.3) is 0 Å². The molecule has 1 aliphatic rings. The molecule has 2 aromatic rings. The third-order valence-electron chi connectivity index (χ3n) is 4.73. The van der Waals surface area contributed by atoms with Gasteiger partial charge in [-0.05, 0) is 44.5 Å². The van der Waals surface area contributed by atoms with E-state index in [0.29, 0.717) is 0 Å². The topological polar surface area (TPSA) is 32.8 Å². The number of piperazine rings is 1. The molecule has 1 fully saturated rings. The summed E-state index contributed by atoms with van der Waals surface area (Å²) in [7, 11) is 0. The summed E-state index contributed by atoms with van der Waals surface area (Å²) < 4.78 is 5.81. The standard InChI is InChI=1S/C21H26N2O2/c1-16-8-10-19(11-9-16)25-18(3)21(24)23-14-12-22(13-15-23)20-7-5-4-6-17(20)2/h4-11,18H,12-15H2,1-3H3/t18-/m1/s1. The van der Waals surface area contributed by atoms with Crippen LogP contribution in [-0.2, 0) is 4.79 Å². The highest BCUT2D eigenvalue weighted by Gasteiger charge is 2.26. The molecular weight excluding hydrogens is 312 g/mol. The first-order chi connectivity index (χ1) is 12.0. The molecule has 1 heterocycles. The Labute approximate surface area is 150 Å². The van der Waals surface area contributed by atoms with E-state index in [2.05, 4.69) is 36.1 Å². The van der Waals surface area contributed by atoms with Gasteiger partial charge in [-0.25, -0.2) is 0 Å². The normalized spacial score (nSPS) is 15.8. The number of hydrogen-bond acceptors (Lipinski definition) is 3. The predicted octanol–water partition coefficient (Wildman–Crippen LogP) is 3.42. The molecule has 1 saturated heterocycles. The van der Waals surface area contributed by atoms with Gasteiger partial charge in [-0.2, -0.15) is 0 Å². The number of aryl methyl sites for hydroxylation is 2. The van der Waals surface area contributed by atoms with Gasteiger partial charge in [0.25, 0.3) is 5.91 Å². The summed E-state index contributed by atoms with van der Waals surface area (Å²) in [6.07, 6.45) is -0.465. The molecule has 132 valence electrons. The average Bonchev–Trinajstić information content (AvgIpc) is 2.63. The van der Waals surface area contributed by atoms with E-state index in [-0.39, 0.29) is 5.91 Å². The Morgan fingerprint density at radius 3 is 2.24 bits per heavy atom. The van der Waals surface area contributed by atoms with E-state index in [1.807, 2.05) is 43.0 Å². The maximum Gasteiger partial charge on any atom is 0.263 e. The van der Waals surface area contributed by atoms with Crippen LogP contribution in [-0.4, -0.2) is 43.1 Å². The van der Waals surface area contributed by atoms with E-state index in [9.17, 15) is 4.79 Å². The minimum atomic E-state index is -0.465. The zero-order valence-electron chi connectivity index (χ0n) is 15.2. The Kier molecular flexibility index (Phi) is 5.27. The highest BCUT2D eigenvalue weighted by molar-refractivity contribution is 5.81. The van der Waals surface area contributed by atoms with Crippen molar-refractivity contribution in [3.05, 3.63) is 59.7 Å². The fourth-order valence-electron chi connectivity index (χ4n) is 3.21. The van der Waals surface area contributed by atoms with Gasteiger partial charge in [0.05, 0.1) is 0 Å². The molecule has 1 atom stereocenters. The van der Waals surface area contributed by atoms with Crippen molar-refractivity contribution >= 4 is 11.6 Å². The van der Waals surface area contributed by atoms with Crippen LogP contribution in [0.5, 0.6) is 5.75 Å². The van der Waals surface area contributed by atoms with Crippen molar-refractivity contribution in [2.75, 3.05) is 31.1 Å². The molecule has 0 radical (unpaired) electrons. The minimum absolute atomic E-state index is 0.0602. The molecule has 1 amide bonds. The van der Waals surface area contributed by atoms with Gasteiger partial charge in [0.2, 0.25) is 0 Å². The van der Waals surface area contributed by atoms with Gasteiger partial charge < -0.3 is 14.5 Å². The van der Waals surface area contributed by atoms with Gasteiger partial charge in [0.15, 0.2) is 6.10 Å². The second kappa shape index (κ2) is 7.60. The number of nitrogens with zero attached hydrogens (tertiary/aromatic N) is 2. The predicted molar refractivity (Wildman–Crippen MR) is 101 cm³/mol. The van der Waals surface area contributed by atoms with Gasteiger partial charge in [-0.15, -0.1) is 0 Å². The molecule has 0 aliphatic carbocycles. The number of carbonyl (C=O) groups excluding carboxylic acids is 1. The Morgan fingerprint density at radius 1 is 0.960 bits per heavy atom. The van der Waals surface area contributed by atoms with Crippen molar-refractivity contribution in [1.29, 1.82) is 0 Å². The Morgan fingerprint density at radius 2 is 1.60 bits per heavy atom. The first kappa shape index (κ1) is 17.3. The number of carbonyl (C=O) groups is 1. The molecule has 25 heavy (non-hydrogen) atoms. The summed E-state index contributed by atoms with van der Waals surface area (Å²) in [5, 5.41) is 0. The number of amides is 1. The lowest BCUT2D eigenvalue weighted by atomic mass is 10.1. The van der Waals surface area contributed by atoms with Crippen molar-refractivity contribution in [3.63, 3.8) is 0 Å². The van der Waals surface area contributed by atoms with Crippen molar-refractivity contribution < 1.29 is 9.53 Å². The van der Waals surface area contributed by atoms with Crippen LogP contribution >= 0.6 is 0 Å². The summed E-state index contributed by atoms with van der Waals surface area (Å²) in [6.45, 7) is 9.16. The maximum atomic E-state index is 12.7. The van der Waals surface area contributed by atoms with Crippen LogP contribution in [0.4, 0.5) is 5.69 Å². The quantitative estimate of drug-likeness (QED) is 0.856. The lowest BCUT2D eigenvalue weighted by Crippen LogP contribution is -2.52. The molecule has 3 rings (SSSR count). The first-order valence-corrected chi connectivity index (χ1v) is 8.87. The molecule has 0 spiro atoms. The zero-order chi connectivity index (χ0) is 17.8. The van der Waals surface area contributed by atoms with Crippen molar-refractivity contribution in [2.24, 2.45) is 0 Å². The third-order valence-corrected chi connectivity index (χ3v) is 4.73. The minimum Gasteiger partial charge on any atom is -0.481 e. The summed E-state index contributed by atoms with van der Waals surface area (Å²) in [5.74, 6) is 0.801. The lowest BCUT2D eigenvalue weighted by molar-refractivity contribution is -0.138. The maximum absolute atomic E-state index is 12.7. The molecule has 4 heteroatoms. The largest absolute Gasteiger partial charge is 0.481 e. The highest BCUT2D eigenvalue weighted by atomic mass is 16.5. The fourth-order valence-corrected chi connectivity index (χ4v) is 3.21. The van der Waals surface area contributed by atoms with E-state index in [0.717, 1.165) is 31.9 Å². The van der Waals surface area contributed by atoms with Gasteiger partial charge >= 0.3 is 0 Å². The van der Waals surface area contributed by atoms with Crippen LogP contribution in [0.1, 0.15) is 18.1 Å². The fraction of sp³-hybridized carbons (Fsp3) is 0.381. The Bertz CT molecular complexity index is 719. The molecule has 0 aromatic heterocycles. The monoisotopic (exact) mass is 338 g/mol. The molecular formula is C21H26N2O2. The van der Waals surface area contributed by atoms with E-state index in [1.54, 1.807) is 0 Å². The molecule has 2 aromatic carbocycles. The van der Waals surface area contributed by atoms with Crippen LogP contribution in [0.15, 0.2) is 48.5 Å². The molecule has 4 nitrogen and oxygen atoms in total. The average molecular weight is 338 g/mol. The molecule has 0 unspecified atom stereocenters.